The highest BCUT2D eigenvalue weighted by molar-refractivity contribution is 7.33. The molecule has 6 heteroatoms. The topological polar surface area (TPSA) is 65.0 Å². The van der Waals surface area contributed by atoms with Crippen molar-refractivity contribution < 1.29 is 23.5 Å². The van der Waals surface area contributed by atoms with Gasteiger partial charge >= 0.3 is 8.25 Å². The zero-order valence-corrected chi connectivity index (χ0v) is 9.41. The quantitative estimate of drug-likeness (QED) is 0.670. The van der Waals surface area contributed by atoms with E-state index in [4.69, 9.17) is 5.11 Å². The second kappa shape index (κ2) is 14.6. The third-order valence-electron chi connectivity index (χ3n) is 0.820. The lowest BCUT2D eigenvalue weighted by atomic mass is 10.8. The number of rotatable bonds is 6. The highest BCUT2D eigenvalue weighted by Crippen LogP contribution is 2.21. The molecule has 0 radical (unpaired) electrons. The minimum absolute atomic E-state index is 0.122. The third-order valence-corrected chi connectivity index (χ3v) is 1.87. The van der Waals surface area contributed by atoms with Crippen molar-refractivity contribution in [3.05, 3.63) is 0 Å². The summed E-state index contributed by atoms with van der Waals surface area (Å²) >= 11 is 0. The molecule has 0 aliphatic heterocycles. The maximum Gasteiger partial charge on any atom is 0.319 e. The van der Waals surface area contributed by atoms with Crippen molar-refractivity contribution in [2.24, 2.45) is 0 Å². The normalized spacial score (nSPS) is 9.62. The molecule has 0 aromatic carbocycles. The Kier molecular flexibility index (Phi) is 17.4. The largest absolute Gasteiger partial charge is 0.394 e. The highest BCUT2D eigenvalue weighted by Gasteiger charge is 1.91. The average molecular weight is 214 g/mol. The average Bonchev–Trinajstić information content (AvgIpc) is 2.08. The van der Waals surface area contributed by atoms with E-state index in [1.54, 1.807) is 21.0 Å². The van der Waals surface area contributed by atoms with E-state index in [1.165, 1.54) is 0 Å². The van der Waals surface area contributed by atoms with Crippen LogP contribution in [0.2, 0.25) is 0 Å². The van der Waals surface area contributed by atoms with Gasteiger partial charge in [-0.1, -0.05) is 0 Å². The van der Waals surface area contributed by atoms with Crippen LogP contribution in [0.25, 0.3) is 0 Å². The molecule has 0 aromatic heterocycles. The monoisotopic (exact) mass is 214 g/mol. The van der Waals surface area contributed by atoms with Crippen molar-refractivity contribution >= 4 is 8.25 Å². The van der Waals surface area contributed by atoms with Crippen molar-refractivity contribution in [1.29, 1.82) is 0 Å². The summed E-state index contributed by atoms with van der Waals surface area (Å²) < 4.78 is 24.0. The summed E-state index contributed by atoms with van der Waals surface area (Å²) in [5, 5.41) is 7.94. The zero-order chi connectivity index (χ0) is 10.5. The van der Waals surface area contributed by atoms with Crippen LogP contribution in [0.1, 0.15) is 13.8 Å². The van der Waals surface area contributed by atoms with E-state index in [-0.39, 0.29) is 6.61 Å². The lowest BCUT2D eigenvalue weighted by Crippen LogP contribution is -1.91. The number of methoxy groups -OCH3 is 1. The third kappa shape index (κ3) is 18.8. The summed E-state index contributed by atoms with van der Waals surface area (Å²) in [6, 6.07) is 0. The van der Waals surface area contributed by atoms with Gasteiger partial charge in [0.1, 0.15) is 0 Å². The molecule has 0 fully saturated rings. The first-order valence-corrected chi connectivity index (χ1v) is 5.34. The Morgan fingerprint density at radius 3 is 1.85 bits per heavy atom. The molecular formula is C7H19O5P. The maximum atomic E-state index is 10.4. The van der Waals surface area contributed by atoms with Crippen LogP contribution >= 0.6 is 8.25 Å². The molecule has 0 bridgehead atoms. The molecule has 0 saturated heterocycles. The molecular weight excluding hydrogens is 195 g/mol. The Morgan fingerprint density at radius 2 is 1.69 bits per heavy atom. The number of hydrogen-bond donors (Lipinski definition) is 1. The fraction of sp³-hybridized carbons (Fsp3) is 1.00. The van der Waals surface area contributed by atoms with Crippen molar-refractivity contribution in [2.75, 3.05) is 33.5 Å². The Labute approximate surface area is 79.9 Å². The Bertz CT molecular complexity index is 99.1. The molecule has 0 spiro atoms. The molecule has 0 aromatic rings. The number of hydrogen-bond acceptors (Lipinski definition) is 5. The molecule has 5 nitrogen and oxygen atoms in total. The van der Waals surface area contributed by atoms with Gasteiger partial charge in [0.2, 0.25) is 0 Å². The van der Waals surface area contributed by atoms with Crippen molar-refractivity contribution in [1.82, 2.24) is 0 Å². The molecule has 0 aliphatic carbocycles. The van der Waals surface area contributed by atoms with Gasteiger partial charge in [-0.3, -0.25) is 4.57 Å². The van der Waals surface area contributed by atoms with Crippen LogP contribution in [0.3, 0.4) is 0 Å². The second-order valence-corrected chi connectivity index (χ2v) is 2.91. The first-order chi connectivity index (χ1) is 6.22. The molecule has 0 saturated carbocycles. The van der Waals surface area contributed by atoms with Crippen molar-refractivity contribution in [3.63, 3.8) is 0 Å². The van der Waals surface area contributed by atoms with E-state index in [9.17, 15) is 4.57 Å². The lowest BCUT2D eigenvalue weighted by molar-refractivity contribution is 0.135. The van der Waals surface area contributed by atoms with Gasteiger partial charge in [-0.05, 0) is 13.8 Å². The zero-order valence-electron chi connectivity index (χ0n) is 8.41. The minimum Gasteiger partial charge on any atom is -0.394 e. The fourth-order valence-electron chi connectivity index (χ4n) is 0.369. The predicted octanol–water partition coefficient (Wildman–Crippen LogP) is 1.07. The van der Waals surface area contributed by atoms with Crippen molar-refractivity contribution in [3.8, 4) is 0 Å². The van der Waals surface area contributed by atoms with Crippen LogP contribution < -0.4 is 0 Å². The van der Waals surface area contributed by atoms with Gasteiger partial charge in [0.25, 0.3) is 0 Å². The second-order valence-electron chi connectivity index (χ2n) is 1.83. The standard InChI is InChI=1S/C4H11O3P.C3H8O2/c1-3-6-8(5)7-4-2;1-5-3-2-4/h8H,3-4H2,1-2H3;4H,2-3H2,1H3. The van der Waals surface area contributed by atoms with E-state index < -0.39 is 8.25 Å². The van der Waals surface area contributed by atoms with Crippen LogP contribution in [-0.4, -0.2) is 38.6 Å². The molecule has 82 valence electrons. The summed E-state index contributed by atoms with van der Waals surface area (Å²) in [6.45, 7) is 5.04. The van der Waals surface area contributed by atoms with Crippen LogP contribution in [0.15, 0.2) is 0 Å². The molecule has 13 heavy (non-hydrogen) atoms. The van der Waals surface area contributed by atoms with Crippen LogP contribution in [-0.2, 0) is 18.3 Å². The van der Waals surface area contributed by atoms with Crippen LogP contribution in [0, 0.1) is 0 Å². The van der Waals surface area contributed by atoms with E-state index >= 15 is 0 Å². The first kappa shape index (κ1) is 15.5. The van der Waals surface area contributed by atoms with Gasteiger partial charge in [0, 0.05) is 7.11 Å². The lowest BCUT2D eigenvalue weighted by Gasteiger charge is -1.97. The van der Waals surface area contributed by atoms with E-state index in [1.807, 2.05) is 0 Å². The number of aliphatic hydroxyl groups excluding tert-OH is 1. The van der Waals surface area contributed by atoms with Crippen LogP contribution in [0.4, 0.5) is 0 Å². The van der Waals surface area contributed by atoms with Crippen molar-refractivity contribution in [2.45, 2.75) is 13.8 Å². The van der Waals surface area contributed by atoms with Gasteiger partial charge in [-0.25, -0.2) is 0 Å². The minimum atomic E-state index is -2.14. The molecule has 0 aliphatic rings. The highest BCUT2D eigenvalue weighted by atomic mass is 31.1. The van der Waals surface area contributed by atoms with Gasteiger partial charge in [0.05, 0.1) is 26.4 Å². The van der Waals surface area contributed by atoms with E-state index in [0.717, 1.165) is 0 Å². The number of ether oxygens (including phenoxy) is 1. The van der Waals surface area contributed by atoms with Crippen LogP contribution in [0.5, 0.6) is 0 Å². The predicted molar refractivity (Wildman–Crippen MR) is 51.2 cm³/mol. The molecule has 0 rings (SSSR count). The molecule has 0 heterocycles. The molecule has 0 unspecified atom stereocenters. The number of aliphatic hydroxyl groups is 1. The summed E-state index contributed by atoms with van der Waals surface area (Å²) in [5.74, 6) is 0. The first-order valence-electron chi connectivity index (χ1n) is 4.12. The van der Waals surface area contributed by atoms with Gasteiger partial charge in [-0.15, -0.1) is 0 Å². The van der Waals surface area contributed by atoms with Gasteiger partial charge in [-0.2, -0.15) is 0 Å². The fourth-order valence-corrected chi connectivity index (χ4v) is 0.923. The smallest absolute Gasteiger partial charge is 0.319 e. The van der Waals surface area contributed by atoms with Gasteiger partial charge < -0.3 is 18.9 Å². The molecule has 0 amide bonds. The van der Waals surface area contributed by atoms with E-state index in [2.05, 4.69) is 13.8 Å². The summed E-state index contributed by atoms with van der Waals surface area (Å²) in [5.41, 5.74) is 0. The maximum absolute atomic E-state index is 10.4. The Balaban J connectivity index is 0. The molecule has 0 atom stereocenters. The summed E-state index contributed by atoms with van der Waals surface area (Å²) in [4.78, 5) is 0. The van der Waals surface area contributed by atoms with Gasteiger partial charge in [0.15, 0.2) is 0 Å². The Morgan fingerprint density at radius 1 is 1.23 bits per heavy atom. The molecule has 1 N–H and O–H groups in total. The summed E-state index contributed by atoms with van der Waals surface area (Å²) in [7, 11) is -0.590. The SMILES string of the molecule is CCO[PH](=O)OCC.COCCO. The Hall–Kier alpha value is 0.0700. The van der Waals surface area contributed by atoms with E-state index in [0.29, 0.717) is 19.8 Å². The summed E-state index contributed by atoms with van der Waals surface area (Å²) in [6.07, 6.45) is 0.